The smallest absolute Gasteiger partial charge is 0.143 e. The second kappa shape index (κ2) is 9.93. The van der Waals surface area contributed by atoms with Gasteiger partial charge >= 0.3 is 0 Å². The van der Waals surface area contributed by atoms with Crippen molar-refractivity contribution in [2.75, 3.05) is 0 Å². The van der Waals surface area contributed by atoms with Crippen molar-refractivity contribution in [2.45, 2.75) is 0 Å². The van der Waals surface area contributed by atoms with E-state index in [1.807, 2.05) is 42.5 Å². The molecule has 228 valence electrons. The first-order valence-electron chi connectivity index (χ1n) is 16.4. The van der Waals surface area contributed by atoms with Gasteiger partial charge in [0.05, 0.1) is 11.4 Å². The predicted octanol–water partition coefficient (Wildman–Crippen LogP) is 12.9. The second-order valence-corrected chi connectivity index (χ2v) is 12.7. The third-order valence-electron chi connectivity index (χ3n) is 9.89. The summed E-state index contributed by atoms with van der Waals surface area (Å²) in [6.07, 6.45) is 0. The minimum absolute atomic E-state index is 0.841. The van der Waals surface area contributed by atoms with Gasteiger partial charge in [0, 0.05) is 48.8 Å². The third kappa shape index (κ3) is 3.95. The van der Waals surface area contributed by atoms with Crippen LogP contribution in [0, 0.1) is 0 Å². The number of hydrogen-bond acceptors (Lipinski definition) is 4. The summed E-state index contributed by atoms with van der Waals surface area (Å²) < 4.78 is 19.0. The highest BCUT2D eigenvalue weighted by atomic mass is 16.3. The van der Waals surface area contributed by atoms with Gasteiger partial charge in [0.25, 0.3) is 0 Å². The highest BCUT2D eigenvalue weighted by molar-refractivity contribution is 6.17. The van der Waals surface area contributed by atoms with Crippen LogP contribution < -0.4 is 0 Å². The Kier molecular flexibility index (Phi) is 5.35. The van der Waals surface area contributed by atoms with Crippen LogP contribution in [-0.2, 0) is 0 Å². The summed E-state index contributed by atoms with van der Waals surface area (Å²) in [5.74, 6) is 0. The van der Waals surface area contributed by atoms with Gasteiger partial charge in [-0.05, 0) is 77.2 Å². The Balaban J connectivity index is 1.15. The third-order valence-corrected chi connectivity index (χ3v) is 9.89. The lowest BCUT2D eigenvalue weighted by molar-refractivity contribution is 0.668. The molecule has 11 aromatic rings. The topological polar surface area (TPSA) is 52.3 Å². The normalized spacial score (nSPS) is 12.1. The summed E-state index contributed by atoms with van der Waals surface area (Å²) in [7, 11) is 0. The number of hydrogen-bond donors (Lipinski definition) is 0. The Morgan fingerprint density at radius 2 is 0.796 bits per heavy atom. The molecule has 0 fully saturated rings. The fourth-order valence-electron chi connectivity index (χ4n) is 7.54. The fraction of sp³-hybridized carbons (Fsp3) is 0. The Bertz CT molecular complexity index is 2990. The summed E-state index contributed by atoms with van der Waals surface area (Å²) in [4.78, 5) is 5.33. The van der Waals surface area contributed by atoms with Crippen LogP contribution in [-0.4, -0.2) is 4.98 Å². The zero-order chi connectivity index (χ0) is 32.1. The van der Waals surface area contributed by atoms with E-state index >= 15 is 0 Å². The molecule has 0 saturated heterocycles. The van der Waals surface area contributed by atoms with Gasteiger partial charge in [-0.2, -0.15) is 0 Å². The second-order valence-electron chi connectivity index (χ2n) is 12.7. The molecule has 0 radical (unpaired) electrons. The maximum atomic E-state index is 6.43. The molecular weight excluding hydrogens is 602 g/mol. The van der Waals surface area contributed by atoms with Crippen molar-refractivity contribution in [3.05, 3.63) is 152 Å². The molecule has 0 atom stereocenters. The summed E-state index contributed by atoms with van der Waals surface area (Å²) in [5, 5.41) is 8.81. The Labute approximate surface area is 279 Å². The summed E-state index contributed by atoms with van der Waals surface area (Å²) in [6, 6.07) is 52.5. The molecule has 4 aromatic heterocycles. The predicted molar refractivity (Wildman–Crippen MR) is 200 cm³/mol. The maximum absolute atomic E-state index is 6.43. The number of para-hydroxylation sites is 3. The van der Waals surface area contributed by atoms with Gasteiger partial charge in [0.2, 0.25) is 0 Å². The van der Waals surface area contributed by atoms with Crippen LogP contribution in [0.5, 0.6) is 0 Å². The molecule has 4 heteroatoms. The van der Waals surface area contributed by atoms with Gasteiger partial charge < -0.3 is 13.3 Å². The average Bonchev–Trinajstić information content (AvgIpc) is 3.85. The van der Waals surface area contributed by atoms with Gasteiger partial charge in [-0.3, -0.25) is 0 Å². The number of fused-ring (bicyclic) bond motifs is 11. The van der Waals surface area contributed by atoms with Crippen LogP contribution in [0.2, 0.25) is 0 Å². The van der Waals surface area contributed by atoms with E-state index in [0.717, 1.165) is 110 Å². The molecule has 0 bridgehead atoms. The van der Waals surface area contributed by atoms with Gasteiger partial charge in [-0.15, -0.1) is 0 Å². The molecule has 0 N–H and O–H groups in total. The maximum Gasteiger partial charge on any atom is 0.143 e. The molecule has 7 aromatic carbocycles. The minimum atomic E-state index is 0.841. The number of furan rings is 3. The van der Waals surface area contributed by atoms with E-state index in [1.54, 1.807) is 0 Å². The number of aromatic nitrogens is 1. The molecule has 4 nitrogen and oxygen atoms in total. The van der Waals surface area contributed by atoms with Crippen LogP contribution in [0.1, 0.15) is 0 Å². The molecule has 0 aliphatic carbocycles. The van der Waals surface area contributed by atoms with E-state index in [2.05, 4.69) is 109 Å². The molecular formula is C45H25NO3. The van der Waals surface area contributed by atoms with Crippen molar-refractivity contribution in [3.8, 4) is 33.6 Å². The first kappa shape index (κ1) is 26.4. The van der Waals surface area contributed by atoms with E-state index in [1.165, 1.54) is 0 Å². The molecule has 4 heterocycles. The standard InChI is InChI=1S/C45H25NO3/c1-4-13-40-31(8-1)34-18-16-26(24-43(34)47-40)28-22-38(27-17-19-35-32-9-2-5-14-41(32)48-44(35)25-27)46-39(23-28)30-11-7-12-36-29(30)20-21-37-33-10-3-6-15-42(33)49-45(36)37/h1-25H. The number of nitrogens with zero attached hydrogens (tertiary/aromatic N) is 1. The first-order chi connectivity index (χ1) is 24.2. The zero-order valence-electron chi connectivity index (χ0n) is 26.1. The van der Waals surface area contributed by atoms with Crippen LogP contribution in [0.3, 0.4) is 0 Å². The molecule has 0 amide bonds. The van der Waals surface area contributed by atoms with Gasteiger partial charge in [0.1, 0.15) is 33.5 Å². The molecule has 0 unspecified atom stereocenters. The van der Waals surface area contributed by atoms with Gasteiger partial charge in [-0.25, -0.2) is 4.98 Å². The first-order valence-corrected chi connectivity index (χ1v) is 16.4. The van der Waals surface area contributed by atoms with Crippen LogP contribution in [0.25, 0.3) is 110 Å². The van der Waals surface area contributed by atoms with E-state index < -0.39 is 0 Å². The van der Waals surface area contributed by atoms with E-state index in [-0.39, 0.29) is 0 Å². The molecule has 0 saturated carbocycles. The summed E-state index contributed by atoms with van der Waals surface area (Å²) in [5.41, 5.74) is 11.1. The monoisotopic (exact) mass is 627 g/mol. The highest BCUT2D eigenvalue weighted by Gasteiger charge is 2.17. The van der Waals surface area contributed by atoms with Gasteiger partial charge in [0.15, 0.2) is 0 Å². The van der Waals surface area contributed by atoms with E-state index in [4.69, 9.17) is 18.2 Å². The van der Waals surface area contributed by atoms with Crippen molar-refractivity contribution in [1.82, 2.24) is 4.98 Å². The fourth-order valence-corrected chi connectivity index (χ4v) is 7.54. The molecule has 0 aliphatic heterocycles. The van der Waals surface area contributed by atoms with Gasteiger partial charge in [-0.1, -0.05) is 91.0 Å². The van der Waals surface area contributed by atoms with Crippen LogP contribution >= 0.6 is 0 Å². The minimum Gasteiger partial charge on any atom is -0.456 e. The number of pyridine rings is 1. The van der Waals surface area contributed by atoms with Crippen LogP contribution in [0.15, 0.2) is 165 Å². The summed E-state index contributed by atoms with van der Waals surface area (Å²) >= 11 is 0. The van der Waals surface area contributed by atoms with E-state index in [0.29, 0.717) is 0 Å². The SMILES string of the molecule is c1ccc2c(c1)oc1cc(-c3cc(-c4ccc5c(c4)oc4ccccc45)nc(-c4cccc5c4ccc4c6ccccc6oc54)c3)ccc12. The molecule has 49 heavy (non-hydrogen) atoms. The van der Waals surface area contributed by atoms with Crippen molar-refractivity contribution in [1.29, 1.82) is 0 Å². The highest BCUT2D eigenvalue weighted by Crippen LogP contribution is 2.40. The quantitative estimate of drug-likeness (QED) is 0.196. The Hall–Kier alpha value is -6.65. The lowest BCUT2D eigenvalue weighted by Crippen LogP contribution is -1.92. The van der Waals surface area contributed by atoms with Crippen molar-refractivity contribution >= 4 is 76.6 Å². The van der Waals surface area contributed by atoms with Crippen LogP contribution in [0.4, 0.5) is 0 Å². The molecule has 0 aliphatic rings. The average molecular weight is 628 g/mol. The van der Waals surface area contributed by atoms with Crippen molar-refractivity contribution in [3.63, 3.8) is 0 Å². The Morgan fingerprint density at radius 3 is 1.51 bits per heavy atom. The van der Waals surface area contributed by atoms with Crippen molar-refractivity contribution in [2.24, 2.45) is 0 Å². The molecule has 0 spiro atoms. The van der Waals surface area contributed by atoms with E-state index in [9.17, 15) is 0 Å². The number of benzene rings is 7. The van der Waals surface area contributed by atoms with Crippen molar-refractivity contribution < 1.29 is 13.3 Å². The zero-order valence-corrected chi connectivity index (χ0v) is 26.1. The summed E-state index contributed by atoms with van der Waals surface area (Å²) in [6.45, 7) is 0. The lowest BCUT2D eigenvalue weighted by Gasteiger charge is -2.12. The largest absolute Gasteiger partial charge is 0.456 e. The lowest BCUT2D eigenvalue weighted by atomic mass is 9.95. The molecule has 11 rings (SSSR count). The number of rotatable bonds is 3. The Morgan fingerprint density at radius 1 is 0.306 bits per heavy atom.